The number of fused-ring (bicyclic) bond motifs is 1. The van der Waals surface area contributed by atoms with Crippen molar-refractivity contribution in [3.05, 3.63) is 35.6 Å². The zero-order valence-corrected chi connectivity index (χ0v) is 9.41. The highest BCUT2D eigenvalue weighted by Gasteiger charge is 2.43. The molecule has 0 radical (unpaired) electrons. The average Bonchev–Trinajstić information content (AvgIpc) is 2.81. The van der Waals surface area contributed by atoms with E-state index in [2.05, 4.69) is 11.9 Å². The van der Waals surface area contributed by atoms with Gasteiger partial charge in [0.25, 0.3) is 0 Å². The van der Waals surface area contributed by atoms with Crippen LogP contribution in [0.4, 0.5) is 4.39 Å². The Balaban J connectivity index is 0.000000114. The average molecular weight is 207 g/mol. The lowest BCUT2D eigenvalue weighted by atomic mass is 10.2. The summed E-state index contributed by atoms with van der Waals surface area (Å²) in [6.07, 6.45) is 1.53. The van der Waals surface area contributed by atoms with Gasteiger partial charge in [-0.2, -0.15) is 0 Å². The van der Waals surface area contributed by atoms with Crippen molar-refractivity contribution in [2.45, 2.75) is 13.3 Å². The van der Waals surface area contributed by atoms with Gasteiger partial charge in [0.15, 0.2) is 0 Å². The van der Waals surface area contributed by atoms with E-state index in [0.29, 0.717) is 5.56 Å². The third kappa shape index (κ3) is 2.78. The predicted molar refractivity (Wildman–Crippen MR) is 60.2 cm³/mol. The molecule has 2 atom stereocenters. The van der Waals surface area contributed by atoms with E-state index in [0.717, 1.165) is 11.8 Å². The number of piperidine rings is 1. The van der Waals surface area contributed by atoms with Gasteiger partial charge in [-0.15, -0.1) is 0 Å². The van der Waals surface area contributed by atoms with Gasteiger partial charge in [-0.1, -0.05) is 18.2 Å². The SMILES string of the molecule is CN1CC2CC2C1.Cc1ccccc1F. The smallest absolute Gasteiger partial charge is 0.126 e. The van der Waals surface area contributed by atoms with E-state index in [1.54, 1.807) is 19.1 Å². The Bertz CT molecular complexity index is 306. The van der Waals surface area contributed by atoms with Crippen LogP contribution in [0.5, 0.6) is 0 Å². The number of nitrogens with zero attached hydrogens (tertiary/aromatic N) is 1. The van der Waals surface area contributed by atoms with Crippen LogP contribution < -0.4 is 0 Å². The summed E-state index contributed by atoms with van der Waals surface area (Å²) in [6.45, 7) is 4.50. The van der Waals surface area contributed by atoms with Crippen molar-refractivity contribution in [2.24, 2.45) is 11.8 Å². The molecule has 1 saturated heterocycles. The highest BCUT2D eigenvalue weighted by Crippen LogP contribution is 2.43. The summed E-state index contributed by atoms with van der Waals surface area (Å²) < 4.78 is 12.3. The number of halogens is 1. The van der Waals surface area contributed by atoms with Gasteiger partial charge in [-0.05, 0) is 43.9 Å². The van der Waals surface area contributed by atoms with E-state index in [1.165, 1.54) is 25.6 Å². The Hall–Kier alpha value is -0.890. The van der Waals surface area contributed by atoms with Crippen molar-refractivity contribution in [2.75, 3.05) is 20.1 Å². The highest BCUT2D eigenvalue weighted by atomic mass is 19.1. The summed E-state index contributed by atoms with van der Waals surface area (Å²) >= 11 is 0. The summed E-state index contributed by atoms with van der Waals surface area (Å²) in [5, 5.41) is 0. The van der Waals surface area contributed by atoms with E-state index >= 15 is 0 Å². The molecule has 2 aliphatic rings. The third-order valence-electron chi connectivity index (χ3n) is 3.24. The fourth-order valence-electron chi connectivity index (χ4n) is 2.18. The molecule has 1 saturated carbocycles. The van der Waals surface area contributed by atoms with Crippen LogP contribution in [0.1, 0.15) is 12.0 Å². The van der Waals surface area contributed by atoms with Crippen LogP contribution in [-0.2, 0) is 0 Å². The number of likely N-dealkylation sites (tertiary alicyclic amines) is 1. The first-order valence-corrected chi connectivity index (χ1v) is 5.56. The van der Waals surface area contributed by atoms with Crippen molar-refractivity contribution in [3.8, 4) is 0 Å². The van der Waals surface area contributed by atoms with Gasteiger partial charge in [-0.25, -0.2) is 4.39 Å². The molecule has 0 bridgehead atoms. The maximum absolute atomic E-state index is 12.3. The Labute approximate surface area is 90.9 Å². The predicted octanol–water partition coefficient (Wildman–Crippen LogP) is 2.70. The van der Waals surface area contributed by atoms with Crippen LogP contribution >= 0.6 is 0 Å². The largest absolute Gasteiger partial charge is 0.306 e. The van der Waals surface area contributed by atoms with Gasteiger partial charge in [0, 0.05) is 13.1 Å². The molecule has 0 amide bonds. The number of aryl methyl sites for hydroxylation is 1. The van der Waals surface area contributed by atoms with Crippen molar-refractivity contribution in [3.63, 3.8) is 0 Å². The molecule has 2 heteroatoms. The molecule has 0 spiro atoms. The molecule has 1 heterocycles. The monoisotopic (exact) mass is 207 g/mol. The second kappa shape index (κ2) is 4.31. The molecule has 1 aromatic rings. The minimum Gasteiger partial charge on any atom is -0.306 e. The standard InChI is InChI=1S/C7H7F.C6H11N/c1-6-4-2-3-5-7(6)8;1-7-3-5-2-6(5)4-7/h2-5H,1H3;5-6H,2-4H2,1H3. The molecular formula is C13H18FN. The summed E-state index contributed by atoms with van der Waals surface area (Å²) in [5.74, 6) is 2.10. The minimum atomic E-state index is -0.132. The van der Waals surface area contributed by atoms with Crippen LogP contribution in [0.3, 0.4) is 0 Å². The molecular weight excluding hydrogens is 189 g/mol. The third-order valence-corrected chi connectivity index (χ3v) is 3.24. The van der Waals surface area contributed by atoms with Crippen LogP contribution in [0, 0.1) is 24.6 Å². The molecule has 1 aliphatic carbocycles. The Kier molecular flexibility index (Phi) is 3.06. The first-order chi connectivity index (χ1) is 7.16. The molecule has 1 nitrogen and oxygen atoms in total. The van der Waals surface area contributed by atoms with Gasteiger partial charge >= 0.3 is 0 Å². The lowest BCUT2D eigenvalue weighted by Crippen LogP contribution is -2.15. The summed E-state index contributed by atoms with van der Waals surface area (Å²) in [7, 11) is 2.21. The van der Waals surface area contributed by atoms with Gasteiger partial charge < -0.3 is 4.90 Å². The molecule has 1 aromatic carbocycles. The Morgan fingerprint density at radius 1 is 1.20 bits per heavy atom. The molecule has 2 unspecified atom stereocenters. The van der Waals surface area contributed by atoms with Gasteiger partial charge in [0.2, 0.25) is 0 Å². The second-order valence-corrected chi connectivity index (χ2v) is 4.73. The molecule has 15 heavy (non-hydrogen) atoms. The number of hydrogen-bond acceptors (Lipinski definition) is 1. The lowest BCUT2D eigenvalue weighted by molar-refractivity contribution is 0.373. The van der Waals surface area contributed by atoms with Crippen LogP contribution in [0.15, 0.2) is 24.3 Å². The second-order valence-electron chi connectivity index (χ2n) is 4.73. The summed E-state index contributed by atoms with van der Waals surface area (Å²) in [5.41, 5.74) is 0.701. The van der Waals surface area contributed by atoms with E-state index < -0.39 is 0 Å². The van der Waals surface area contributed by atoms with Crippen LogP contribution in [-0.4, -0.2) is 25.0 Å². The first-order valence-electron chi connectivity index (χ1n) is 5.56. The molecule has 1 aliphatic heterocycles. The van der Waals surface area contributed by atoms with Crippen LogP contribution in [0.25, 0.3) is 0 Å². The fourth-order valence-corrected chi connectivity index (χ4v) is 2.18. The fraction of sp³-hybridized carbons (Fsp3) is 0.538. The van der Waals surface area contributed by atoms with Gasteiger partial charge in [0.1, 0.15) is 5.82 Å². The zero-order valence-electron chi connectivity index (χ0n) is 9.41. The summed E-state index contributed by atoms with van der Waals surface area (Å²) in [4.78, 5) is 2.43. The minimum absolute atomic E-state index is 0.132. The molecule has 82 valence electrons. The summed E-state index contributed by atoms with van der Waals surface area (Å²) in [6, 6.07) is 6.70. The van der Waals surface area contributed by atoms with E-state index in [-0.39, 0.29) is 5.82 Å². The number of hydrogen-bond donors (Lipinski definition) is 0. The maximum Gasteiger partial charge on any atom is 0.126 e. The number of benzene rings is 1. The van der Waals surface area contributed by atoms with Crippen molar-refractivity contribution in [1.82, 2.24) is 4.90 Å². The van der Waals surface area contributed by atoms with Crippen molar-refractivity contribution >= 4 is 0 Å². The molecule has 0 N–H and O–H groups in total. The Morgan fingerprint density at radius 2 is 1.80 bits per heavy atom. The van der Waals surface area contributed by atoms with E-state index in [9.17, 15) is 4.39 Å². The quantitative estimate of drug-likeness (QED) is 0.632. The Morgan fingerprint density at radius 3 is 2.13 bits per heavy atom. The van der Waals surface area contributed by atoms with Gasteiger partial charge in [-0.3, -0.25) is 0 Å². The molecule has 0 aromatic heterocycles. The topological polar surface area (TPSA) is 3.24 Å². The maximum atomic E-state index is 12.3. The van der Waals surface area contributed by atoms with E-state index in [1.807, 2.05) is 6.07 Å². The zero-order chi connectivity index (χ0) is 10.8. The molecule has 2 fully saturated rings. The van der Waals surface area contributed by atoms with Gasteiger partial charge in [0.05, 0.1) is 0 Å². The van der Waals surface area contributed by atoms with Crippen LogP contribution in [0.2, 0.25) is 0 Å². The first kappa shape index (κ1) is 10.6. The van der Waals surface area contributed by atoms with Crippen molar-refractivity contribution in [1.29, 1.82) is 0 Å². The molecule has 3 rings (SSSR count). The normalized spacial score (nSPS) is 27.9. The van der Waals surface area contributed by atoms with Crippen molar-refractivity contribution < 1.29 is 4.39 Å². The lowest BCUT2D eigenvalue weighted by Gasteiger charge is -2.06. The van der Waals surface area contributed by atoms with E-state index in [4.69, 9.17) is 0 Å². The number of rotatable bonds is 0. The highest BCUT2D eigenvalue weighted by molar-refractivity contribution is 5.14.